The summed E-state index contributed by atoms with van der Waals surface area (Å²) in [4.78, 5) is 11.3. The summed E-state index contributed by atoms with van der Waals surface area (Å²) < 4.78 is 0. The molecule has 0 radical (unpaired) electrons. The minimum absolute atomic E-state index is 0.0235. The Morgan fingerprint density at radius 1 is 1.47 bits per heavy atom. The van der Waals surface area contributed by atoms with Gasteiger partial charge in [0.2, 0.25) is 5.91 Å². The van der Waals surface area contributed by atoms with Crippen LogP contribution in [0.25, 0.3) is 0 Å². The van der Waals surface area contributed by atoms with Crippen molar-refractivity contribution < 1.29 is 4.79 Å². The lowest BCUT2D eigenvalue weighted by Gasteiger charge is -2.23. The molecule has 86 valence electrons. The molecule has 0 atom stereocenters. The standard InChI is InChI=1S/C11H21N3O/c1-11(2,6-8-13)5-4-10(15)14-9-3-7-12/h3-6,8-9,13H2,1-2H3,(H,14,15). The van der Waals surface area contributed by atoms with Crippen molar-refractivity contribution in [3.63, 3.8) is 0 Å². The molecule has 0 heterocycles. The Hall–Kier alpha value is -1.08. The van der Waals surface area contributed by atoms with E-state index in [2.05, 4.69) is 19.2 Å². The molecule has 1 amide bonds. The molecule has 0 bridgehead atoms. The highest BCUT2D eigenvalue weighted by molar-refractivity contribution is 5.75. The Kier molecular flexibility index (Phi) is 6.72. The van der Waals surface area contributed by atoms with Crippen molar-refractivity contribution in [2.75, 3.05) is 13.1 Å². The Bertz CT molecular complexity index is 230. The molecule has 0 aromatic carbocycles. The van der Waals surface area contributed by atoms with Crippen molar-refractivity contribution in [1.82, 2.24) is 5.32 Å². The average Bonchev–Trinajstić information content (AvgIpc) is 2.15. The van der Waals surface area contributed by atoms with Crippen LogP contribution in [0.1, 0.15) is 39.5 Å². The number of nitrogens with one attached hydrogen (secondary N) is 1. The number of nitriles is 1. The van der Waals surface area contributed by atoms with Crippen molar-refractivity contribution in [3.8, 4) is 6.07 Å². The van der Waals surface area contributed by atoms with Gasteiger partial charge in [-0.3, -0.25) is 4.79 Å². The quantitative estimate of drug-likeness (QED) is 0.620. The van der Waals surface area contributed by atoms with Gasteiger partial charge in [0.05, 0.1) is 12.5 Å². The topological polar surface area (TPSA) is 78.9 Å². The van der Waals surface area contributed by atoms with Gasteiger partial charge in [-0.05, 0) is 24.8 Å². The molecule has 0 unspecified atom stereocenters. The molecule has 0 aromatic rings. The van der Waals surface area contributed by atoms with Gasteiger partial charge in [0.1, 0.15) is 0 Å². The van der Waals surface area contributed by atoms with Crippen molar-refractivity contribution in [2.45, 2.75) is 39.5 Å². The zero-order valence-corrected chi connectivity index (χ0v) is 9.68. The van der Waals surface area contributed by atoms with Crippen LogP contribution < -0.4 is 11.1 Å². The fourth-order valence-corrected chi connectivity index (χ4v) is 1.31. The molecule has 0 aliphatic rings. The van der Waals surface area contributed by atoms with Gasteiger partial charge in [0.15, 0.2) is 0 Å². The van der Waals surface area contributed by atoms with E-state index >= 15 is 0 Å². The number of hydrogen-bond donors (Lipinski definition) is 2. The SMILES string of the molecule is CC(C)(CCN)CCC(=O)NCCC#N. The van der Waals surface area contributed by atoms with E-state index in [1.807, 2.05) is 6.07 Å². The first-order chi connectivity index (χ1) is 7.02. The van der Waals surface area contributed by atoms with E-state index in [4.69, 9.17) is 11.0 Å². The summed E-state index contributed by atoms with van der Waals surface area (Å²) in [6, 6.07) is 1.98. The summed E-state index contributed by atoms with van der Waals surface area (Å²) in [5.41, 5.74) is 5.61. The van der Waals surface area contributed by atoms with E-state index in [9.17, 15) is 4.79 Å². The predicted molar refractivity (Wildman–Crippen MR) is 59.9 cm³/mol. The molecule has 15 heavy (non-hydrogen) atoms. The average molecular weight is 211 g/mol. The Balaban J connectivity index is 3.66. The molecule has 0 aromatic heterocycles. The van der Waals surface area contributed by atoms with Crippen LogP contribution in [0, 0.1) is 16.7 Å². The largest absolute Gasteiger partial charge is 0.355 e. The highest BCUT2D eigenvalue weighted by atomic mass is 16.1. The normalized spacial score (nSPS) is 10.8. The molecule has 4 nitrogen and oxygen atoms in total. The zero-order valence-electron chi connectivity index (χ0n) is 9.68. The first-order valence-electron chi connectivity index (χ1n) is 5.35. The predicted octanol–water partition coefficient (Wildman–Crippen LogP) is 1.17. The molecule has 0 spiro atoms. The lowest BCUT2D eigenvalue weighted by molar-refractivity contribution is -0.121. The molecular weight excluding hydrogens is 190 g/mol. The van der Waals surface area contributed by atoms with Crippen molar-refractivity contribution in [1.29, 1.82) is 5.26 Å². The van der Waals surface area contributed by atoms with Crippen LogP contribution >= 0.6 is 0 Å². The highest BCUT2D eigenvalue weighted by Gasteiger charge is 2.17. The van der Waals surface area contributed by atoms with Crippen LogP contribution in [0.15, 0.2) is 0 Å². The lowest BCUT2D eigenvalue weighted by Crippen LogP contribution is -2.26. The number of amides is 1. The smallest absolute Gasteiger partial charge is 0.220 e. The molecule has 0 rings (SSSR count). The Labute approximate surface area is 91.8 Å². The summed E-state index contributed by atoms with van der Waals surface area (Å²) in [6.07, 6.45) is 2.65. The monoisotopic (exact) mass is 211 g/mol. The van der Waals surface area contributed by atoms with Gasteiger partial charge in [-0.15, -0.1) is 0 Å². The third-order valence-electron chi connectivity index (χ3n) is 2.41. The third-order valence-corrected chi connectivity index (χ3v) is 2.41. The van der Waals surface area contributed by atoms with Gasteiger partial charge >= 0.3 is 0 Å². The van der Waals surface area contributed by atoms with Crippen LogP contribution in [-0.4, -0.2) is 19.0 Å². The number of nitrogens with zero attached hydrogens (tertiary/aromatic N) is 1. The minimum atomic E-state index is 0.0235. The van der Waals surface area contributed by atoms with Gasteiger partial charge in [-0.2, -0.15) is 5.26 Å². The maximum absolute atomic E-state index is 11.3. The van der Waals surface area contributed by atoms with Crippen LogP contribution in [0.2, 0.25) is 0 Å². The second-order valence-electron chi connectivity index (χ2n) is 4.46. The van der Waals surface area contributed by atoms with Gasteiger partial charge in [-0.25, -0.2) is 0 Å². The number of carbonyl (C=O) groups excluding carboxylic acids is 1. The highest BCUT2D eigenvalue weighted by Crippen LogP contribution is 2.25. The maximum Gasteiger partial charge on any atom is 0.220 e. The second kappa shape index (κ2) is 7.24. The number of nitrogens with two attached hydrogens (primary N) is 1. The van der Waals surface area contributed by atoms with E-state index in [1.165, 1.54) is 0 Å². The fourth-order valence-electron chi connectivity index (χ4n) is 1.31. The summed E-state index contributed by atoms with van der Waals surface area (Å²) in [7, 11) is 0. The third kappa shape index (κ3) is 7.95. The van der Waals surface area contributed by atoms with Crippen LogP contribution in [0.5, 0.6) is 0 Å². The fraction of sp³-hybridized carbons (Fsp3) is 0.818. The Morgan fingerprint density at radius 3 is 2.67 bits per heavy atom. The van der Waals surface area contributed by atoms with E-state index in [-0.39, 0.29) is 11.3 Å². The maximum atomic E-state index is 11.3. The van der Waals surface area contributed by atoms with Crippen molar-refractivity contribution >= 4 is 5.91 Å². The summed E-state index contributed by atoms with van der Waals surface area (Å²) >= 11 is 0. The van der Waals surface area contributed by atoms with E-state index in [0.717, 1.165) is 12.8 Å². The molecule has 0 aliphatic carbocycles. The molecule has 0 saturated heterocycles. The van der Waals surface area contributed by atoms with E-state index < -0.39 is 0 Å². The molecular formula is C11H21N3O. The molecule has 0 aliphatic heterocycles. The first-order valence-corrected chi connectivity index (χ1v) is 5.35. The second-order valence-corrected chi connectivity index (χ2v) is 4.46. The van der Waals surface area contributed by atoms with Gasteiger partial charge in [0.25, 0.3) is 0 Å². The van der Waals surface area contributed by atoms with Gasteiger partial charge in [-0.1, -0.05) is 13.8 Å². The van der Waals surface area contributed by atoms with E-state index in [0.29, 0.717) is 25.9 Å². The van der Waals surface area contributed by atoms with E-state index in [1.54, 1.807) is 0 Å². The van der Waals surface area contributed by atoms with Crippen LogP contribution in [0.4, 0.5) is 0 Å². The van der Waals surface area contributed by atoms with Crippen molar-refractivity contribution in [2.24, 2.45) is 11.1 Å². The van der Waals surface area contributed by atoms with Crippen LogP contribution in [0.3, 0.4) is 0 Å². The number of hydrogen-bond acceptors (Lipinski definition) is 3. The summed E-state index contributed by atoms with van der Waals surface area (Å²) in [5, 5.41) is 11.0. The van der Waals surface area contributed by atoms with Gasteiger partial charge < -0.3 is 11.1 Å². The Morgan fingerprint density at radius 2 is 2.13 bits per heavy atom. The summed E-state index contributed by atoms with van der Waals surface area (Å²) in [6.45, 7) is 5.33. The van der Waals surface area contributed by atoms with Crippen molar-refractivity contribution in [3.05, 3.63) is 0 Å². The first kappa shape index (κ1) is 13.9. The number of carbonyl (C=O) groups is 1. The van der Waals surface area contributed by atoms with Gasteiger partial charge in [0, 0.05) is 13.0 Å². The molecule has 0 fully saturated rings. The molecule has 3 N–H and O–H groups in total. The lowest BCUT2D eigenvalue weighted by atomic mass is 9.84. The summed E-state index contributed by atoms with van der Waals surface area (Å²) in [5.74, 6) is 0.0235. The minimum Gasteiger partial charge on any atom is -0.355 e. The zero-order chi connectivity index (χ0) is 11.7. The molecule has 4 heteroatoms. The number of rotatable bonds is 7. The molecule has 0 saturated carbocycles. The van der Waals surface area contributed by atoms with Crippen LogP contribution in [-0.2, 0) is 4.79 Å².